The Morgan fingerprint density at radius 1 is 1.33 bits per heavy atom. The van der Waals surface area contributed by atoms with Gasteiger partial charge in [-0.15, -0.1) is 5.10 Å². The molecule has 5 heteroatoms. The van der Waals surface area contributed by atoms with Crippen LogP contribution in [0.3, 0.4) is 0 Å². The molecule has 1 rings (SSSR count). The van der Waals surface area contributed by atoms with Gasteiger partial charge >= 0.3 is 0 Å². The molecule has 0 unspecified atom stereocenters. The van der Waals surface area contributed by atoms with Crippen LogP contribution in [0.5, 0.6) is 0 Å². The van der Waals surface area contributed by atoms with E-state index in [1.165, 1.54) is 12.8 Å². The summed E-state index contributed by atoms with van der Waals surface area (Å²) in [5.74, 6) is 0.660. The largest absolute Gasteiger partial charge is 0.368 e. The quantitative estimate of drug-likeness (QED) is 0.648. The van der Waals surface area contributed by atoms with Crippen molar-refractivity contribution in [3.8, 4) is 0 Å². The first-order chi connectivity index (χ1) is 5.74. The van der Waals surface area contributed by atoms with Gasteiger partial charge in [-0.3, -0.25) is 0 Å². The second-order valence-corrected chi connectivity index (χ2v) is 2.76. The summed E-state index contributed by atoms with van der Waals surface area (Å²) in [5, 5.41) is 3.94. The average Bonchev–Trinajstić information content (AvgIpc) is 2.31. The molecule has 1 aromatic heterocycles. The van der Waals surface area contributed by atoms with Crippen molar-refractivity contribution in [2.45, 2.75) is 32.7 Å². The number of nitrogens with two attached hydrogens (primary N) is 2. The Morgan fingerprint density at radius 2 is 2.08 bits per heavy atom. The first-order valence-electron chi connectivity index (χ1n) is 4.20. The molecule has 0 fully saturated rings. The molecular formula is C7H15N5. The molecule has 0 atom stereocenters. The summed E-state index contributed by atoms with van der Waals surface area (Å²) in [6.45, 7) is 2.96. The van der Waals surface area contributed by atoms with Crippen LogP contribution in [0.2, 0.25) is 0 Å². The molecule has 0 bridgehead atoms. The monoisotopic (exact) mass is 169 g/mol. The van der Waals surface area contributed by atoms with E-state index < -0.39 is 0 Å². The number of unbranched alkanes of at least 4 members (excludes halogenated alkanes) is 2. The molecule has 0 spiro atoms. The zero-order valence-corrected chi connectivity index (χ0v) is 7.32. The molecule has 12 heavy (non-hydrogen) atoms. The Labute approximate surface area is 71.8 Å². The van der Waals surface area contributed by atoms with E-state index in [0.717, 1.165) is 13.0 Å². The van der Waals surface area contributed by atoms with E-state index in [1.54, 1.807) is 4.68 Å². The number of rotatable bonds is 4. The predicted molar refractivity (Wildman–Crippen MR) is 48.4 cm³/mol. The standard InChI is InChI=1S/C7H15N5/c1-2-3-4-5-12-7(9)10-6(8)11-12/h2-5H2,1H3,(H4,8,9,10,11). The number of nitrogens with zero attached hydrogens (tertiary/aromatic N) is 3. The molecule has 1 aromatic rings. The third-order valence-corrected chi connectivity index (χ3v) is 1.69. The molecule has 1 heterocycles. The maximum atomic E-state index is 5.53. The lowest BCUT2D eigenvalue weighted by Crippen LogP contribution is -2.05. The SMILES string of the molecule is CCCCCn1nc(N)nc1N. The van der Waals surface area contributed by atoms with E-state index >= 15 is 0 Å². The molecule has 0 saturated heterocycles. The molecule has 0 radical (unpaired) electrons. The molecular weight excluding hydrogens is 154 g/mol. The zero-order chi connectivity index (χ0) is 8.97. The molecule has 0 amide bonds. The molecule has 0 aliphatic rings. The Bertz CT molecular complexity index is 242. The maximum absolute atomic E-state index is 5.53. The Morgan fingerprint density at radius 3 is 2.58 bits per heavy atom. The van der Waals surface area contributed by atoms with Crippen molar-refractivity contribution in [3.63, 3.8) is 0 Å². The van der Waals surface area contributed by atoms with Crippen LogP contribution in [0.15, 0.2) is 0 Å². The first kappa shape index (κ1) is 8.83. The van der Waals surface area contributed by atoms with Gasteiger partial charge in [-0.05, 0) is 6.42 Å². The van der Waals surface area contributed by atoms with Crippen LogP contribution in [0.1, 0.15) is 26.2 Å². The number of aromatic nitrogens is 3. The Hall–Kier alpha value is -1.26. The fraction of sp³-hybridized carbons (Fsp3) is 0.714. The summed E-state index contributed by atoms with van der Waals surface area (Å²) in [5.41, 5.74) is 10.9. The van der Waals surface area contributed by atoms with Crippen LogP contribution < -0.4 is 11.5 Å². The number of nitrogen functional groups attached to an aromatic ring is 2. The summed E-state index contributed by atoms with van der Waals surface area (Å²) in [6, 6.07) is 0. The number of hydrogen-bond acceptors (Lipinski definition) is 4. The number of aryl methyl sites for hydroxylation is 1. The smallest absolute Gasteiger partial charge is 0.241 e. The molecule has 0 saturated carbocycles. The summed E-state index contributed by atoms with van der Waals surface area (Å²) >= 11 is 0. The molecule has 0 aromatic carbocycles. The van der Waals surface area contributed by atoms with Gasteiger partial charge in [0.1, 0.15) is 0 Å². The minimum atomic E-state index is 0.254. The van der Waals surface area contributed by atoms with Crippen molar-refractivity contribution in [2.75, 3.05) is 11.5 Å². The van der Waals surface area contributed by atoms with E-state index in [-0.39, 0.29) is 5.95 Å². The van der Waals surface area contributed by atoms with E-state index in [2.05, 4.69) is 17.0 Å². The Kier molecular flexibility index (Phi) is 2.90. The van der Waals surface area contributed by atoms with Crippen molar-refractivity contribution in [2.24, 2.45) is 0 Å². The van der Waals surface area contributed by atoms with E-state index in [9.17, 15) is 0 Å². The highest BCUT2D eigenvalue weighted by Crippen LogP contribution is 2.04. The molecule has 0 aliphatic carbocycles. The summed E-state index contributed by atoms with van der Waals surface area (Å²) in [6.07, 6.45) is 3.44. The van der Waals surface area contributed by atoms with Crippen LogP contribution in [-0.4, -0.2) is 14.8 Å². The van der Waals surface area contributed by atoms with Crippen molar-refractivity contribution >= 4 is 11.9 Å². The van der Waals surface area contributed by atoms with Gasteiger partial charge in [0.05, 0.1) is 0 Å². The van der Waals surface area contributed by atoms with E-state index in [4.69, 9.17) is 11.5 Å². The predicted octanol–water partition coefficient (Wildman–Crippen LogP) is 0.633. The van der Waals surface area contributed by atoms with E-state index in [0.29, 0.717) is 5.95 Å². The van der Waals surface area contributed by atoms with E-state index in [1.807, 2.05) is 0 Å². The second kappa shape index (κ2) is 3.94. The molecule has 4 N–H and O–H groups in total. The van der Waals surface area contributed by atoms with Gasteiger partial charge in [0.25, 0.3) is 0 Å². The fourth-order valence-corrected chi connectivity index (χ4v) is 1.05. The average molecular weight is 169 g/mol. The lowest BCUT2D eigenvalue weighted by atomic mass is 10.2. The van der Waals surface area contributed by atoms with Crippen LogP contribution in [0, 0.1) is 0 Å². The topological polar surface area (TPSA) is 82.8 Å². The van der Waals surface area contributed by atoms with Crippen LogP contribution >= 0.6 is 0 Å². The normalized spacial score (nSPS) is 10.4. The molecule has 5 nitrogen and oxygen atoms in total. The highest BCUT2D eigenvalue weighted by atomic mass is 15.4. The summed E-state index contributed by atoms with van der Waals surface area (Å²) < 4.78 is 1.64. The lowest BCUT2D eigenvalue weighted by Gasteiger charge is -1.99. The van der Waals surface area contributed by atoms with Gasteiger partial charge in [0, 0.05) is 6.54 Å². The summed E-state index contributed by atoms with van der Waals surface area (Å²) in [4.78, 5) is 3.80. The van der Waals surface area contributed by atoms with Gasteiger partial charge in [0.2, 0.25) is 11.9 Å². The number of anilines is 2. The van der Waals surface area contributed by atoms with Crippen molar-refractivity contribution < 1.29 is 0 Å². The van der Waals surface area contributed by atoms with Crippen LogP contribution in [-0.2, 0) is 6.54 Å². The van der Waals surface area contributed by atoms with Gasteiger partial charge in [0.15, 0.2) is 0 Å². The lowest BCUT2D eigenvalue weighted by molar-refractivity contribution is 0.560. The summed E-state index contributed by atoms with van der Waals surface area (Å²) in [7, 11) is 0. The maximum Gasteiger partial charge on any atom is 0.241 e. The zero-order valence-electron chi connectivity index (χ0n) is 7.32. The Balaban J connectivity index is 2.45. The highest BCUT2D eigenvalue weighted by Gasteiger charge is 2.01. The minimum Gasteiger partial charge on any atom is -0.368 e. The van der Waals surface area contributed by atoms with Crippen molar-refractivity contribution in [3.05, 3.63) is 0 Å². The molecule has 0 aliphatic heterocycles. The fourth-order valence-electron chi connectivity index (χ4n) is 1.05. The second-order valence-electron chi connectivity index (χ2n) is 2.76. The third kappa shape index (κ3) is 2.11. The van der Waals surface area contributed by atoms with Crippen molar-refractivity contribution in [1.82, 2.24) is 14.8 Å². The highest BCUT2D eigenvalue weighted by molar-refractivity contribution is 5.25. The van der Waals surface area contributed by atoms with Gasteiger partial charge < -0.3 is 11.5 Å². The van der Waals surface area contributed by atoms with Gasteiger partial charge in [-0.25, -0.2) is 4.68 Å². The minimum absolute atomic E-state index is 0.254. The van der Waals surface area contributed by atoms with Crippen molar-refractivity contribution in [1.29, 1.82) is 0 Å². The van der Waals surface area contributed by atoms with Crippen LogP contribution in [0.4, 0.5) is 11.9 Å². The van der Waals surface area contributed by atoms with Crippen LogP contribution in [0.25, 0.3) is 0 Å². The molecule has 68 valence electrons. The number of hydrogen-bond donors (Lipinski definition) is 2. The first-order valence-corrected chi connectivity index (χ1v) is 4.20. The van der Waals surface area contributed by atoms with Gasteiger partial charge in [-0.2, -0.15) is 4.98 Å². The third-order valence-electron chi connectivity index (χ3n) is 1.69. The van der Waals surface area contributed by atoms with Gasteiger partial charge in [-0.1, -0.05) is 19.8 Å².